The van der Waals surface area contributed by atoms with Gasteiger partial charge in [0.15, 0.2) is 0 Å². The first-order chi connectivity index (χ1) is 22.9. The molecule has 0 bridgehead atoms. The third-order valence-corrected chi connectivity index (χ3v) is 9.81. The highest BCUT2D eigenvalue weighted by atomic mass is 35.5. The minimum atomic E-state index is -0.553. The molecule has 0 spiro atoms. The number of quaternary nitrogens is 1. The zero-order valence-corrected chi connectivity index (χ0v) is 29.1. The van der Waals surface area contributed by atoms with Crippen LogP contribution in [-0.4, -0.2) is 73.5 Å². The Morgan fingerprint density at radius 2 is 1.92 bits per heavy atom. The van der Waals surface area contributed by atoms with Crippen LogP contribution in [0.5, 0.6) is 5.75 Å². The summed E-state index contributed by atoms with van der Waals surface area (Å²) in [6.45, 7) is 6.67. The van der Waals surface area contributed by atoms with Crippen LogP contribution in [-0.2, 0) is 11.3 Å². The zero-order valence-electron chi connectivity index (χ0n) is 28.4. The van der Waals surface area contributed by atoms with E-state index in [4.69, 9.17) is 16.3 Å². The Morgan fingerprint density at radius 3 is 2.69 bits per heavy atom. The van der Waals surface area contributed by atoms with Crippen molar-refractivity contribution in [3.63, 3.8) is 0 Å². The van der Waals surface area contributed by atoms with Gasteiger partial charge in [-0.25, -0.2) is 4.39 Å². The number of anilines is 1. The van der Waals surface area contributed by atoms with Gasteiger partial charge in [-0.3, -0.25) is 14.3 Å². The minimum Gasteiger partial charge on any atom is -0.493 e. The molecule has 0 saturated heterocycles. The number of halogens is 2. The van der Waals surface area contributed by atoms with Gasteiger partial charge in [0.25, 0.3) is 5.91 Å². The van der Waals surface area contributed by atoms with Crippen molar-refractivity contribution in [2.45, 2.75) is 45.6 Å². The maximum atomic E-state index is 15.3. The van der Waals surface area contributed by atoms with Crippen molar-refractivity contribution in [3.8, 4) is 16.9 Å². The Hall–Kier alpha value is -4.21. The van der Waals surface area contributed by atoms with Crippen LogP contribution in [0.25, 0.3) is 11.1 Å². The van der Waals surface area contributed by atoms with Crippen LogP contribution in [0.1, 0.15) is 57.8 Å². The number of aromatic nitrogens is 2. The van der Waals surface area contributed by atoms with Crippen molar-refractivity contribution in [1.82, 2.24) is 15.1 Å². The normalized spacial score (nSPS) is 16.7. The lowest BCUT2D eigenvalue weighted by Crippen LogP contribution is -2.41. The van der Waals surface area contributed by atoms with Crippen molar-refractivity contribution in [2.24, 2.45) is 5.92 Å². The molecule has 0 radical (unpaired) electrons. The molecule has 1 aromatic heterocycles. The third-order valence-electron chi connectivity index (χ3n) is 9.47. The number of ether oxygens (including phenoxy) is 1. The van der Waals surface area contributed by atoms with Gasteiger partial charge >= 0.3 is 0 Å². The van der Waals surface area contributed by atoms with Gasteiger partial charge < -0.3 is 19.4 Å². The van der Waals surface area contributed by atoms with Crippen LogP contribution in [0.2, 0.25) is 5.02 Å². The molecule has 252 valence electrons. The van der Waals surface area contributed by atoms with Crippen LogP contribution in [0, 0.1) is 25.6 Å². The van der Waals surface area contributed by atoms with Gasteiger partial charge in [-0.05, 0) is 85.0 Å². The fraction of sp³-hybridized carbons (Fsp3) is 0.395. The molecule has 2 atom stereocenters. The summed E-state index contributed by atoms with van der Waals surface area (Å²) in [4.78, 5) is 28.1. The van der Waals surface area contributed by atoms with Crippen LogP contribution in [0.4, 0.5) is 10.1 Å². The molecule has 2 heterocycles. The van der Waals surface area contributed by atoms with Gasteiger partial charge in [-0.2, -0.15) is 5.10 Å². The lowest BCUT2D eigenvalue weighted by Gasteiger charge is -2.30. The van der Waals surface area contributed by atoms with Gasteiger partial charge in [0.05, 0.1) is 53.6 Å². The molecule has 0 unspecified atom stereocenters. The van der Waals surface area contributed by atoms with E-state index in [1.54, 1.807) is 10.9 Å². The summed E-state index contributed by atoms with van der Waals surface area (Å²) in [6, 6.07) is 14.9. The van der Waals surface area contributed by atoms with E-state index in [1.807, 2.05) is 56.5 Å². The Balaban J connectivity index is 1.13. The smallest absolute Gasteiger partial charge is 0.251 e. The number of rotatable bonds is 12. The summed E-state index contributed by atoms with van der Waals surface area (Å²) in [5, 5.41) is 7.55. The van der Waals surface area contributed by atoms with Crippen LogP contribution in [0.15, 0.2) is 60.9 Å². The van der Waals surface area contributed by atoms with E-state index in [2.05, 4.69) is 36.4 Å². The lowest BCUT2D eigenvalue weighted by molar-refractivity contribution is -0.869. The first-order valence-electron chi connectivity index (χ1n) is 16.6. The fourth-order valence-electron chi connectivity index (χ4n) is 6.47. The molecule has 1 aliphatic heterocycles. The zero-order chi connectivity index (χ0) is 34.2. The van der Waals surface area contributed by atoms with Gasteiger partial charge in [-0.15, -0.1) is 0 Å². The van der Waals surface area contributed by atoms with Gasteiger partial charge in [0.2, 0.25) is 5.91 Å². The summed E-state index contributed by atoms with van der Waals surface area (Å²) in [6.07, 6.45) is 5.76. The Kier molecular flexibility index (Phi) is 9.63. The van der Waals surface area contributed by atoms with Crippen LogP contribution in [0.3, 0.4) is 0 Å². The summed E-state index contributed by atoms with van der Waals surface area (Å²) >= 11 is 6.50. The maximum absolute atomic E-state index is 15.3. The second kappa shape index (κ2) is 13.7. The number of aryl methyl sites for hydroxylation is 1. The summed E-state index contributed by atoms with van der Waals surface area (Å²) < 4.78 is 23.6. The standard InChI is InChI=1S/C38H43ClFN5O3/c1-24-9-6-12-35(25(24)2)48-16-8-13-36(46)44-22-27-17-30(27)37-29(10-7-11-34(37)44)28-20-42-43(21-28)23-31-32(39)18-26(19-33(31)40)38(47)41-14-15-45(3,4)5/h6-7,9-12,18-21,27,30H,8,13-17,22-23H2,1-5H3/p+1/t27-,30-/m0/s1. The quantitative estimate of drug-likeness (QED) is 0.133. The molecule has 48 heavy (non-hydrogen) atoms. The van der Waals surface area contributed by atoms with Crippen molar-refractivity contribution in [1.29, 1.82) is 0 Å². The molecule has 6 rings (SSSR count). The van der Waals surface area contributed by atoms with Crippen LogP contribution < -0.4 is 15.0 Å². The van der Waals surface area contributed by atoms with E-state index < -0.39 is 5.82 Å². The molecule has 1 saturated carbocycles. The van der Waals surface area contributed by atoms with Crippen molar-refractivity contribution < 1.29 is 23.2 Å². The molecule has 10 heteroatoms. The Labute approximate surface area is 287 Å². The van der Waals surface area contributed by atoms with E-state index in [9.17, 15) is 9.59 Å². The first kappa shape index (κ1) is 33.7. The Morgan fingerprint density at radius 1 is 1.12 bits per heavy atom. The highest BCUT2D eigenvalue weighted by molar-refractivity contribution is 6.31. The van der Waals surface area contributed by atoms with Gasteiger partial charge in [-0.1, -0.05) is 35.9 Å². The number of hydrogen-bond donors (Lipinski definition) is 1. The fourth-order valence-corrected chi connectivity index (χ4v) is 6.73. The molecule has 3 aromatic carbocycles. The van der Waals surface area contributed by atoms with E-state index in [-0.39, 0.29) is 34.5 Å². The largest absolute Gasteiger partial charge is 0.493 e. The molecule has 2 amide bonds. The topological polar surface area (TPSA) is 76.5 Å². The number of benzene rings is 3. The number of amides is 2. The highest BCUT2D eigenvalue weighted by Gasteiger charge is 2.47. The molecule has 1 N–H and O–H groups in total. The summed E-state index contributed by atoms with van der Waals surface area (Å²) in [5.41, 5.74) is 6.85. The number of likely N-dealkylation sites (N-methyl/N-ethyl adjacent to an activating group) is 1. The second-order valence-corrected chi connectivity index (χ2v) is 14.5. The first-order valence-corrected chi connectivity index (χ1v) is 17.0. The molecular formula is C38H44ClFN5O3+. The van der Waals surface area contributed by atoms with E-state index in [0.717, 1.165) is 47.6 Å². The molecule has 1 fully saturated rings. The van der Waals surface area contributed by atoms with E-state index in [1.165, 1.54) is 23.3 Å². The minimum absolute atomic E-state index is 0.106. The number of hydrogen-bond acceptors (Lipinski definition) is 4. The number of carbonyl (C=O) groups is 2. The predicted molar refractivity (Wildman–Crippen MR) is 187 cm³/mol. The third kappa shape index (κ3) is 7.42. The molecule has 1 aliphatic carbocycles. The average molecular weight is 673 g/mol. The number of nitrogens with zero attached hydrogens (tertiary/aromatic N) is 4. The monoisotopic (exact) mass is 672 g/mol. The van der Waals surface area contributed by atoms with Crippen LogP contribution >= 0.6 is 11.6 Å². The molecular weight excluding hydrogens is 629 g/mol. The summed E-state index contributed by atoms with van der Waals surface area (Å²) in [7, 11) is 6.11. The Bertz CT molecular complexity index is 1830. The summed E-state index contributed by atoms with van der Waals surface area (Å²) in [5.74, 6) is 0.914. The van der Waals surface area contributed by atoms with E-state index >= 15 is 4.39 Å². The number of carbonyl (C=O) groups excluding carboxylic acids is 2. The van der Waals surface area contributed by atoms with Crippen molar-refractivity contribution in [3.05, 3.63) is 99.6 Å². The lowest BCUT2D eigenvalue weighted by atomic mass is 9.92. The number of fused-ring (bicyclic) bond motifs is 3. The molecule has 2 aliphatic rings. The van der Waals surface area contributed by atoms with Crippen molar-refractivity contribution in [2.75, 3.05) is 52.3 Å². The SMILES string of the molecule is Cc1cccc(OCCCC(=O)N2C[C@@H]3C[C@@H]3c3c(-c4cnn(Cc5c(F)cc(C(=O)NCC[N+](C)(C)C)cc5Cl)c4)cccc32)c1C. The van der Waals surface area contributed by atoms with Crippen molar-refractivity contribution >= 4 is 29.1 Å². The van der Waals surface area contributed by atoms with Gasteiger partial charge in [0, 0.05) is 46.6 Å². The highest BCUT2D eigenvalue weighted by Crippen LogP contribution is 2.57. The second-order valence-electron chi connectivity index (χ2n) is 14.1. The molecule has 4 aromatic rings. The molecule has 8 nitrogen and oxygen atoms in total. The van der Waals surface area contributed by atoms with E-state index in [0.29, 0.717) is 42.3 Å². The predicted octanol–water partition coefficient (Wildman–Crippen LogP) is 6.75. The average Bonchev–Trinajstić information content (AvgIpc) is 3.68. The van der Waals surface area contributed by atoms with Gasteiger partial charge in [0.1, 0.15) is 11.6 Å². The maximum Gasteiger partial charge on any atom is 0.251 e. The number of nitrogens with one attached hydrogen (secondary N) is 1.